The van der Waals surface area contributed by atoms with Gasteiger partial charge in [0.05, 0.1) is 62.4 Å². The number of methoxy groups -OCH3 is 4. The van der Waals surface area contributed by atoms with Gasteiger partial charge in [-0.25, -0.2) is 19.6 Å². The smallest absolute Gasteiger partial charge is 0.338 e. The number of aromatic carboxylic acids is 1. The van der Waals surface area contributed by atoms with Crippen molar-refractivity contribution in [3.05, 3.63) is 107 Å². The Balaban J connectivity index is 0.000000195. The van der Waals surface area contributed by atoms with Crippen molar-refractivity contribution in [2.75, 3.05) is 85.7 Å². The van der Waals surface area contributed by atoms with E-state index in [9.17, 15) is 19.2 Å². The van der Waals surface area contributed by atoms with Gasteiger partial charge in [-0.1, -0.05) is 0 Å². The highest BCUT2D eigenvalue weighted by molar-refractivity contribution is 7.16. The molecule has 22 nitrogen and oxygen atoms in total. The largest absolute Gasteiger partial charge is 0.493 e. The summed E-state index contributed by atoms with van der Waals surface area (Å²) in [6.45, 7) is 7.85. The van der Waals surface area contributed by atoms with Crippen LogP contribution in [0.4, 0.5) is 46.3 Å². The van der Waals surface area contributed by atoms with E-state index < -0.39 is 17.5 Å². The number of carbonyl (C=O) groups excluding carboxylic acids is 3. The molecule has 4 aromatic carbocycles. The number of thiazole rings is 2. The molecule has 0 saturated carbocycles. The molecule has 5 N–H and O–H groups in total. The van der Waals surface area contributed by atoms with E-state index in [1.807, 2.05) is 67.0 Å². The SMILES string of the molecule is COc1ccc(Nc2nc(N3CCCC(C(=O)Nc4ccc(C(=O)O)cc4)C3)nc3scnc23)cc1OC.COc1ccc(Nc2nc(N3CCCC(C(=O)Nc4ccc(C(=O)OC(C)(C)C)cc4)C3)nc3scnc23)cc1OC. The molecule has 6 heterocycles. The Kier molecular flexibility index (Phi) is 17.3. The number of carboxylic acids is 1. The topological polar surface area (TPSA) is 267 Å². The summed E-state index contributed by atoms with van der Waals surface area (Å²) in [7, 11) is 6.35. The number of piperidine rings is 2. The van der Waals surface area contributed by atoms with Crippen LogP contribution in [0.15, 0.2) is 96.0 Å². The van der Waals surface area contributed by atoms with E-state index in [1.165, 1.54) is 34.8 Å². The molecule has 0 aliphatic carbocycles. The number of hydrogen-bond acceptors (Lipinski definition) is 21. The lowest BCUT2D eigenvalue weighted by molar-refractivity contribution is -0.120. The predicted octanol–water partition coefficient (Wildman–Crippen LogP) is 10.1. The third-order valence-corrected chi connectivity index (χ3v) is 14.4. The Labute approximate surface area is 468 Å². The van der Waals surface area contributed by atoms with E-state index in [0.717, 1.165) is 59.8 Å². The first kappa shape index (κ1) is 55.8. The molecule has 4 aromatic heterocycles. The molecule has 2 atom stereocenters. The van der Waals surface area contributed by atoms with Crippen LogP contribution in [0, 0.1) is 11.8 Å². The van der Waals surface area contributed by atoms with Crippen molar-refractivity contribution in [3.63, 3.8) is 0 Å². The zero-order valence-electron chi connectivity index (χ0n) is 45.1. The van der Waals surface area contributed by atoms with Gasteiger partial charge in [0.15, 0.2) is 44.3 Å². The van der Waals surface area contributed by atoms with Gasteiger partial charge in [0.2, 0.25) is 23.7 Å². The van der Waals surface area contributed by atoms with Gasteiger partial charge in [0.25, 0.3) is 0 Å². The molecular formula is C56H60N12O10S2. The van der Waals surface area contributed by atoms with Crippen LogP contribution in [0.3, 0.4) is 0 Å². The second kappa shape index (κ2) is 24.8. The number of benzene rings is 4. The maximum atomic E-state index is 13.2. The van der Waals surface area contributed by atoms with E-state index in [1.54, 1.807) is 75.9 Å². The van der Waals surface area contributed by atoms with E-state index >= 15 is 0 Å². The number of aromatic nitrogens is 6. The van der Waals surface area contributed by atoms with Gasteiger partial charge in [-0.05, 0) is 119 Å². The number of nitrogens with zero attached hydrogens (tertiary/aromatic N) is 8. The Morgan fingerprint density at radius 1 is 0.562 bits per heavy atom. The van der Waals surface area contributed by atoms with Crippen molar-refractivity contribution in [3.8, 4) is 23.0 Å². The Bertz CT molecular complexity index is 3520. The summed E-state index contributed by atoms with van der Waals surface area (Å²) >= 11 is 2.85. The van der Waals surface area contributed by atoms with Crippen molar-refractivity contribution in [1.82, 2.24) is 29.9 Å². The minimum Gasteiger partial charge on any atom is -0.493 e. The third kappa shape index (κ3) is 13.5. The van der Waals surface area contributed by atoms with Crippen molar-refractivity contribution >= 4 is 113 Å². The number of hydrogen-bond donors (Lipinski definition) is 5. The summed E-state index contributed by atoms with van der Waals surface area (Å²) in [6, 6.07) is 23.9. The fraction of sp³-hybridized carbons (Fsp3) is 0.321. The number of nitrogens with one attached hydrogen (secondary N) is 4. The molecule has 2 amide bonds. The Morgan fingerprint density at radius 2 is 0.975 bits per heavy atom. The van der Waals surface area contributed by atoms with Gasteiger partial charge in [-0.3, -0.25) is 9.59 Å². The summed E-state index contributed by atoms with van der Waals surface area (Å²) in [4.78, 5) is 83.2. The summed E-state index contributed by atoms with van der Waals surface area (Å²) < 4.78 is 26.9. The number of esters is 1. The molecule has 24 heteroatoms. The molecule has 416 valence electrons. The van der Waals surface area contributed by atoms with Crippen LogP contribution >= 0.6 is 22.7 Å². The highest BCUT2D eigenvalue weighted by atomic mass is 32.1. The van der Waals surface area contributed by atoms with E-state index in [0.29, 0.717) is 87.6 Å². The van der Waals surface area contributed by atoms with Crippen molar-refractivity contribution < 1.29 is 48.0 Å². The quantitative estimate of drug-likeness (QED) is 0.0563. The lowest BCUT2D eigenvalue weighted by Crippen LogP contribution is -2.41. The van der Waals surface area contributed by atoms with Crippen LogP contribution in [0.5, 0.6) is 23.0 Å². The van der Waals surface area contributed by atoms with E-state index in [-0.39, 0.29) is 29.2 Å². The van der Waals surface area contributed by atoms with Crippen LogP contribution in [0.25, 0.3) is 20.7 Å². The summed E-state index contributed by atoms with van der Waals surface area (Å²) in [5, 5.41) is 21.6. The first-order valence-corrected chi connectivity index (χ1v) is 27.3. The fourth-order valence-electron chi connectivity index (χ4n) is 9.02. The molecule has 2 unspecified atom stereocenters. The maximum absolute atomic E-state index is 13.2. The van der Waals surface area contributed by atoms with Gasteiger partial charge < -0.3 is 59.9 Å². The average Bonchev–Trinajstić information content (AvgIpc) is 4.19. The zero-order valence-corrected chi connectivity index (χ0v) is 46.7. The monoisotopic (exact) mass is 1120 g/mol. The standard InChI is InChI=1S/C30H34N6O5S.C26H26N6O5S/c1-30(2,3)41-28(38)18-8-10-20(11-9-18)33-26(37)19-7-6-14-36(16-19)29-34-25(24-27(35-29)42-17-31-24)32-21-12-13-22(39-4)23(15-21)40-5;1-36-19-10-9-18(12-20(19)37-2)28-22-21-24(38-14-27-21)31-26(30-22)32-11-3-4-16(13-32)23(33)29-17-7-5-15(6-8-17)25(34)35/h8-13,15,17,19H,6-7,14,16H2,1-5H3,(H,33,37)(H,32,34,35);5-10,12,14,16H,3-4,11,13H2,1-2H3,(H,29,33)(H,34,35)(H,28,30,31). The number of carbonyl (C=O) groups is 4. The molecule has 0 spiro atoms. The number of amides is 2. The second-order valence-electron chi connectivity index (χ2n) is 19.7. The van der Waals surface area contributed by atoms with Crippen LogP contribution in [0.2, 0.25) is 0 Å². The van der Waals surface area contributed by atoms with E-state index in [4.69, 9.17) is 48.7 Å². The number of carboxylic acid groups (broad SMARTS) is 1. The van der Waals surface area contributed by atoms with Gasteiger partial charge in [0, 0.05) is 61.1 Å². The molecule has 2 aliphatic heterocycles. The number of fused-ring (bicyclic) bond motifs is 2. The maximum Gasteiger partial charge on any atom is 0.338 e. The molecule has 2 fully saturated rings. The predicted molar refractivity (Wildman–Crippen MR) is 308 cm³/mol. The molecular weight excluding hydrogens is 1060 g/mol. The van der Waals surface area contributed by atoms with Crippen molar-refractivity contribution in [2.24, 2.45) is 11.8 Å². The molecule has 2 saturated heterocycles. The number of anilines is 8. The van der Waals surface area contributed by atoms with Gasteiger partial charge in [-0.15, -0.1) is 22.7 Å². The normalized spacial score (nSPS) is 15.2. The molecule has 0 bridgehead atoms. The molecule has 10 rings (SSSR count). The third-order valence-electron chi connectivity index (χ3n) is 13.0. The van der Waals surface area contributed by atoms with Crippen LogP contribution in [-0.4, -0.2) is 119 Å². The fourth-order valence-corrected chi connectivity index (χ4v) is 10.3. The minimum atomic E-state index is -1.01. The first-order valence-electron chi connectivity index (χ1n) is 25.6. The van der Waals surface area contributed by atoms with Crippen LogP contribution < -0.4 is 50.0 Å². The molecule has 0 radical (unpaired) electrons. The first-order chi connectivity index (χ1) is 38.6. The van der Waals surface area contributed by atoms with Gasteiger partial charge >= 0.3 is 11.9 Å². The van der Waals surface area contributed by atoms with Crippen LogP contribution in [-0.2, 0) is 14.3 Å². The van der Waals surface area contributed by atoms with Gasteiger partial charge in [0.1, 0.15) is 16.6 Å². The summed E-state index contributed by atoms with van der Waals surface area (Å²) in [6.07, 6.45) is 3.10. The van der Waals surface area contributed by atoms with Crippen LogP contribution in [0.1, 0.15) is 67.2 Å². The lowest BCUT2D eigenvalue weighted by Gasteiger charge is -2.32. The number of rotatable bonds is 16. The van der Waals surface area contributed by atoms with E-state index in [2.05, 4.69) is 31.2 Å². The second-order valence-corrected chi connectivity index (χ2v) is 21.3. The Morgan fingerprint density at radius 3 is 1.38 bits per heavy atom. The molecule has 8 aromatic rings. The molecule has 80 heavy (non-hydrogen) atoms. The zero-order chi connectivity index (χ0) is 56.5. The van der Waals surface area contributed by atoms with Crippen molar-refractivity contribution in [1.29, 1.82) is 0 Å². The number of ether oxygens (including phenoxy) is 5. The Hall–Kier alpha value is -8.90. The average molecular weight is 1130 g/mol. The lowest BCUT2D eigenvalue weighted by atomic mass is 9.97. The molecule has 2 aliphatic rings. The highest BCUT2D eigenvalue weighted by Gasteiger charge is 2.30. The van der Waals surface area contributed by atoms with Crippen molar-refractivity contribution in [2.45, 2.75) is 52.1 Å². The highest BCUT2D eigenvalue weighted by Crippen LogP contribution is 2.36. The summed E-state index contributed by atoms with van der Waals surface area (Å²) in [5.41, 5.74) is 7.50. The summed E-state index contributed by atoms with van der Waals surface area (Å²) in [5.74, 6) is 2.46. The van der Waals surface area contributed by atoms with Gasteiger partial charge in [-0.2, -0.15) is 19.9 Å². The minimum absolute atomic E-state index is 0.0905.